The van der Waals surface area contributed by atoms with E-state index in [0.717, 1.165) is 22.3 Å². The van der Waals surface area contributed by atoms with Gasteiger partial charge in [-0.3, -0.25) is 19.2 Å². The molecular formula is C50H63N9O4S. The first-order valence-electron chi connectivity index (χ1n) is 21.4. The third-order valence-electron chi connectivity index (χ3n) is 10.4. The van der Waals surface area contributed by atoms with Crippen LogP contribution in [0.2, 0.25) is 0 Å². The molecule has 64 heavy (non-hydrogen) atoms. The van der Waals surface area contributed by atoms with Crippen LogP contribution >= 0.6 is 11.8 Å². The summed E-state index contributed by atoms with van der Waals surface area (Å²) in [7, 11) is 0. The highest BCUT2D eigenvalue weighted by Crippen LogP contribution is 2.40. The van der Waals surface area contributed by atoms with Crippen molar-refractivity contribution in [3.8, 4) is 0 Å². The maximum Gasteiger partial charge on any atom is 0.255 e. The number of thioether (sulfide) groups is 1. The molecule has 5 aromatic carbocycles. The van der Waals surface area contributed by atoms with Crippen molar-refractivity contribution in [3.05, 3.63) is 143 Å². The van der Waals surface area contributed by atoms with Crippen molar-refractivity contribution in [2.24, 2.45) is 22.9 Å². The Morgan fingerprint density at radius 2 is 0.969 bits per heavy atom. The molecule has 2 atom stereocenters. The average Bonchev–Trinajstić information content (AvgIpc) is 3.25. The molecule has 0 aromatic heterocycles. The van der Waals surface area contributed by atoms with Crippen molar-refractivity contribution < 1.29 is 19.2 Å². The Labute approximate surface area is 381 Å². The zero-order valence-electron chi connectivity index (χ0n) is 37.6. The normalized spacial score (nSPS) is 12.5. The van der Waals surface area contributed by atoms with Crippen molar-refractivity contribution >= 4 is 63.8 Å². The first kappa shape index (κ1) is 49.0. The fourth-order valence-electron chi connectivity index (χ4n) is 6.79. The van der Waals surface area contributed by atoms with Crippen LogP contribution in [0, 0.1) is 0 Å². The van der Waals surface area contributed by atoms with E-state index in [0.29, 0.717) is 65.0 Å². The van der Waals surface area contributed by atoms with Gasteiger partial charge in [-0.15, -0.1) is 11.8 Å². The second-order valence-electron chi connectivity index (χ2n) is 17.8. The maximum atomic E-state index is 14.2. The average molecular weight is 886 g/mol. The van der Waals surface area contributed by atoms with Crippen LogP contribution in [0.15, 0.2) is 114 Å². The van der Waals surface area contributed by atoms with E-state index < -0.39 is 23.9 Å². The minimum atomic E-state index is -0.838. The molecule has 0 aliphatic carbocycles. The lowest BCUT2D eigenvalue weighted by molar-refractivity contribution is -0.118. The van der Waals surface area contributed by atoms with Gasteiger partial charge in [-0.05, 0) is 88.4 Å². The molecule has 338 valence electrons. The van der Waals surface area contributed by atoms with Gasteiger partial charge in [0.05, 0.1) is 45.4 Å². The van der Waals surface area contributed by atoms with Crippen LogP contribution in [0.25, 0.3) is 0 Å². The monoisotopic (exact) mass is 885 g/mol. The molecule has 0 aliphatic rings. The lowest BCUT2D eigenvalue weighted by Gasteiger charge is -2.25. The first-order valence-corrected chi connectivity index (χ1v) is 22.4. The minimum Gasteiger partial charge on any atom is -0.380 e. The summed E-state index contributed by atoms with van der Waals surface area (Å²) in [5.74, 6) is -1.20. The van der Waals surface area contributed by atoms with E-state index >= 15 is 0 Å². The lowest BCUT2D eigenvalue weighted by atomic mass is 9.86. The quantitative estimate of drug-likeness (QED) is 0.0401. The van der Waals surface area contributed by atoms with Gasteiger partial charge in [0.2, 0.25) is 11.8 Å². The van der Waals surface area contributed by atoms with Gasteiger partial charge < -0.3 is 49.5 Å². The Hall–Kier alpha value is -6.03. The van der Waals surface area contributed by atoms with E-state index in [2.05, 4.69) is 26.6 Å². The molecule has 0 saturated carbocycles. The molecule has 13 nitrogen and oxygen atoms in total. The number of amides is 4. The van der Waals surface area contributed by atoms with Gasteiger partial charge >= 0.3 is 0 Å². The highest BCUT2D eigenvalue weighted by molar-refractivity contribution is 7.99. The molecule has 13 N–H and O–H groups in total. The Bertz CT molecular complexity index is 2250. The summed E-state index contributed by atoms with van der Waals surface area (Å²) in [6.07, 6.45) is 0.682. The SMILES string of the molecule is CC(C)(C)c1cc(NC(=O)c2cccc(C(=O)Nc3cc(C(C)(C)C)cc(NC(=O)[C@H](N)Cc4ccccc4)c3SCCN)c2)c(NCCN)c(NC(=O)C(N)Cc2ccccc2)c1. The fourth-order valence-corrected chi connectivity index (χ4v) is 7.64. The number of benzene rings is 5. The van der Waals surface area contributed by atoms with Crippen LogP contribution in [-0.2, 0) is 33.3 Å². The lowest BCUT2D eigenvalue weighted by Crippen LogP contribution is -2.37. The van der Waals surface area contributed by atoms with Gasteiger partial charge in [0, 0.05) is 36.5 Å². The Morgan fingerprint density at radius 3 is 1.42 bits per heavy atom. The largest absolute Gasteiger partial charge is 0.380 e. The number of rotatable bonds is 18. The van der Waals surface area contributed by atoms with Gasteiger partial charge in [-0.1, -0.05) is 108 Å². The maximum absolute atomic E-state index is 14.2. The van der Waals surface area contributed by atoms with Crippen molar-refractivity contribution in [2.45, 2.75) is 82.2 Å². The number of carbonyl (C=O) groups excluding carboxylic acids is 4. The molecule has 0 spiro atoms. The summed E-state index contributed by atoms with van der Waals surface area (Å²) >= 11 is 1.41. The van der Waals surface area contributed by atoms with E-state index in [1.807, 2.05) is 126 Å². The third-order valence-corrected chi connectivity index (χ3v) is 11.6. The van der Waals surface area contributed by atoms with Crippen molar-refractivity contribution in [1.82, 2.24) is 0 Å². The molecule has 0 fully saturated rings. The first-order chi connectivity index (χ1) is 30.4. The predicted octanol–water partition coefficient (Wildman–Crippen LogP) is 7.22. The van der Waals surface area contributed by atoms with Crippen molar-refractivity contribution in [1.29, 1.82) is 0 Å². The van der Waals surface area contributed by atoms with Crippen LogP contribution in [0.1, 0.15) is 84.5 Å². The van der Waals surface area contributed by atoms with E-state index in [-0.39, 0.29) is 40.3 Å². The highest BCUT2D eigenvalue weighted by atomic mass is 32.2. The molecule has 0 radical (unpaired) electrons. The molecule has 4 amide bonds. The molecule has 5 aromatic rings. The van der Waals surface area contributed by atoms with E-state index in [1.54, 1.807) is 18.2 Å². The van der Waals surface area contributed by atoms with Crippen LogP contribution in [0.5, 0.6) is 0 Å². The number of nitrogens with two attached hydrogens (primary N) is 4. The molecule has 0 bridgehead atoms. The zero-order chi connectivity index (χ0) is 46.6. The Kier molecular flexibility index (Phi) is 16.9. The van der Waals surface area contributed by atoms with Crippen molar-refractivity contribution in [3.63, 3.8) is 0 Å². The van der Waals surface area contributed by atoms with Crippen LogP contribution in [-0.4, -0.2) is 61.1 Å². The summed E-state index contributed by atoms with van der Waals surface area (Å²) in [4.78, 5) is 56.0. The number of nitrogens with one attached hydrogen (secondary N) is 5. The molecular weight excluding hydrogens is 823 g/mol. The van der Waals surface area contributed by atoms with E-state index in [4.69, 9.17) is 22.9 Å². The van der Waals surface area contributed by atoms with Gasteiger partial charge in [-0.2, -0.15) is 0 Å². The van der Waals surface area contributed by atoms with E-state index in [9.17, 15) is 19.2 Å². The fraction of sp³-hybridized carbons (Fsp3) is 0.320. The van der Waals surface area contributed by atoms with Gasteiger partial charge in [0.1, 0.15) is 0 Å². The van der Waals surface area contributed by atoms with Crippen LogP contribution in [0.4, 0.5) is 28.4 Å². The smallest absolute Gasteiger partial charge is 0.255 e. The van der Waals surface area contributed by atoms with Gasteiger partial charge in [-0.25, -0.2) is 0 Å². The molecule has 0 heterocycles. The zero-order valence-corrected chi connectivity index (χ0v) is 38.5. The summed E-state index contributed by atoms with van der Waals surface area (Å²) in [5.41, 5.74) is 30.2. The predicted molar refractivity (Wildman–Crippen MR) is 263 cm³/mol. The van der Waals surface area contributed by atoms with Crippen LogP contribution < -0.4 is 49.5 Å². The van der Waals surface area contributed by atoms with E-state index in [1.165, 1.54) is 17.8 Å². The topological polar surface area (TPSA) is 233 Å². The highest BCUT2D eigenvalue weighted by Gasteiger charge is 2.26. The Morgan fingerprint density at radius 1 is 0.547 bits per heavy atom. The molecule has 0 aliphatic heterocycles. The second kappa shape index (κ2) is 22.0. The number of anilines is 5. The Balaban J connectivity index is 1.44. The number of hydrogen-bond donors (Lipinski definition) is 9. The van der Waals surface area contributed by atoms with Gasteiger partial charge in [0.15, 0.2) is 0 Å². The molecule has 1 unspecified atom stereocenters. The molecule has 5 rings (SSSR count). The molecule has 0 saturated heterocycles. The number of hydrogen-bond acceptors (Lipinski definition) is 10. The van der Waals surface area contributed by atoms with Crippen molar-refractivity contribution in [2.75, 3.05) is 52.0 Å². The summed E-state index contributed by atoms with van der Waals surface area (Å²) < 4.78 is 0. The summed E-state index contributed by atoms with van der Waals surface area (Å²) in [6.45, 7) is 13.2. The summed E-state index contributed by atoms with van der Waals surface area (Å²) in [6, 6.07) is 31.4. The third kappa shape index (κ3) is 13.5. The molecule has 14 heteroatoms. The van der Waals surface area contributed by atoms with Crippen LogP contribution in [0.3, 0.4) is 0 Å². The standard InChI is InChI=1S/C50H63N9O4S/c1-49(2,3)35-27-39(43(55-22-20-51)40(28-35)57-47(62)37(53)24-31-14-9-7-10-15-31)56-45(60)33-18-13-19-34(26-33)46(61)58-41-29-36(50(4,5)6)30-42(44(41)64-23-21-52)59-48(63)38(54)25-32-16-11-8-12-17-32/h7-19,26-30,37-38,55H,20-25,51-54H2,1-6H3,(H,56,60)(H,57,62)(H,58,61)(H,59,63)/t37?,38-/m1/s1. The second-order valence-corrected chi connectivity index (χ2v) is 18.9. The number of carbonyl (C=O) groups is 4. The van der Waals surface area contributed by atoms with Gasteiger partial charge in [0.25, 0.3) is 11.8 Å². The minimum absolute atomic E-state index is 0.218. The summed E-state index contributed by atoms with van der Waals surface area (Å²) in [5, 5.41) is 15.4.